The second-order valence-corrected chi connectivity index (χ2v) is 6.00. The van der Waals surface area contributed by atoms with Crippen LogP contribution in [0.3, 0.4) is 0 Å². The molecule has 1 atom stereocenters. The molecule has 0 spiro atoms. The average molecular weight is 291 g/mol. The summed E-state index contributed by atoms with van der Waals surface area (Å²) in [5.41, 5.74) is 0.918. The molecule has 1 aromatic rings. The second-order valence-electron chi connectivity index (χ2n) is 6.00. The minimum atomic E-state index is -0.464. The SMILES string of the molecule is CCCN(CC(O)c1ccc2c(c1)OCCCO2)C1CC1. The normalized spacial score (nSPS) is 19.4. The third-order valence-electron chi connectivity index (χ3n) is 4.14. The van der Waals surface area contributed by atoms with Crippen molar-refractivity contribution in [2.75, 3.05) is 26.3 Å². The fourth-order valence-electron chi connectivity index (χ4n) is 2.86. The standard InChI is InChI=1S/C17H25NO3/c1-2-8-18(14-5-6-14)12-15(19)13-4-7-16-17(11-13)21-10-3-9-20-16/h4,7,11,14-15,19H,2-3,5-6,8-10,12H2,1H3. The summed E-state index contributed by atoms with van der Waals surface area (Å²) in [7, 11) is 0. The highest BCUT2D eigenvalue weighted by Crippen LogP contribution is 2.34. The molecular weight excluding hydrogens is 266 g/mol. The molecule has 1 N–H and O–H groups in total. The molecule has 0 aromatic heterocycles. The first kappa shape index (κ1) is 14.7. The quantitative estimate of drug-likeness (QED) is 0.875. The topological polar surface area (TPSA) is 41.9 Å². The highest BCUT2D eigenvalue weighted by atomic mass is 16.5. The molecule has 2 aliphatic rings. The van der Waals surface area contributed by atoms with E-state index in [1.807, 2.05) is 18.2 Å². The number of nitrogens with zero attached hydrogens (tertiary/aromatic N) is 1. The monoisotopic (exact) mass is 291 g/mol. The largest absolute Gasteiger partial charge is 0.490 e. The third kappa shape index (κ3) is 3.69. The molecule has 1 heterocycles. The van der Waals surface area contributed by atoms with Crippen molar-refractivity contribution >= 4 is 0 Å². The van der Waals surface area contributed by atoms with Gasteiger partial charge < -0.3 is 14.6 Å². The lowest BCUT2D eigenvalue weighted by molar-refractivity contribution is 0.108. The van der Waals surface area contributed by atoms with Crippen LogP contribution in [0.2, 0.25) is 0 Å². The number of aliphatic hydroxyl groups is 1. The van der Waals surface area contributed by atoms with Crippen molar-refractivity contribution in [1.29, 1.82) is 0 Å². The smallest absolute Gasteiger partial charge is 0.161 e. The van der Waals surface area contributed by atoms with E-state index in [9.17, 15) is 5.11 Å². The van der Waals surface area contributed by atoms with Crippen molar-refractivity contribution in [2.45, 2.75) is 44.8 Å². The van der Waals surface area contributed by atoms with Gasteiger partial charge in [-0.05, 0) is 43.5 Å². The average Bonchev–Trinajstić information content (AvgIpc) is 3.32. The van der Waals surface area contributed by atoms with E-state index in [2.05, 4.69) is 11.8 Å². The van der Waals surface area contributed by atoms with E-state index in [0.717, 1.165) is 36.4 Å². The van der Waals surface area contributed by atoms with Gasteiger partial charge in [-0.15, -0.1) is 0 Å². The molecule has 3 rings (SSSR count). The molecule has 0 radical (unpaired) electrons. The van der Waals surface area contributed by atoms with E-state index in [0.29, 0.717) is 25.8 Å². The number of fused-ring (bicyclic) bond motifs is 1. The van der Waals surface area contributed by atoms with Crippen LogP contribution in [-0.2, 0) is 0 Å². The lowest BCUT2D eigenvalue weighted by Gasteiger charge is -2.25. The molecule has 1 aliphatic heterocycles. The van der Waals surface area contributed by atoms with Crippen molar-refractivity contribution < 1.29 is 14.6 Å². The summed E-state index contributed by atoms with van der Waals surface area (Å²) in [5, 5.41) is 10.5. The predicted octanol–water partition coefficient (Wildman–Crippen LogP) is 2.76. The minimum Gasteiger partial charge on any atom is -0.490 e. The van der Waals surface area contributed by atoms with Gasteiger partial charge in [0.05, 0.1) is 19.3 Å². The van der Waals surface area contributed by atoms with Crippen LogP contribution in [0.4, 0.5) is 0 Å². The van der Waals surface area contributed by atoms with Crippen molar-refractivity contribution in [3.05, 3.63) is 23.8 Å². The fourth-order valence-corrected chi connectivity index (χ4v) is 2.86. The molecule has 1 fully saturated rings. The summed E-state index contributed by atoms with van der Waals surface area (Å²) in [6.45, 7) is 5.33. The van der Waals surface area contributed by atoms with Crippen LogP contribution < -0.4 is 9.47 Å². The molecule has 1 saturated carbocycles. The number of benzene rings is 1. The van der Waals surface area contributed by atoms with Crippen LogP contribution in [-0.4, -0.2) is 42.4 Å². The van der Waals surface area contributed by atoms with Crippen LogP contribution in [0.25, 0.3) is 0 Å². The van der Waals surface area contributed by atoms with Gasteiger partial charge in [-0.1, -0.05) is 13.0 Å². The molecule has 4 heteroatoms. The van der Waals surface area contributed by atoms with E-state index < -0.39 is 6.10 Å². The van der Waals surface area contributed by atoms with Gasteiger partial charge in [0, 0.05) is 19.0 Å². The van der Waals surface area contributed by atoms with E-state index in [-0.39, 0.29) is 0 Å². The Kier molecular flexibility index (Phi) is 4.66. The van der Waals surface area contributed by atoms with Gasteiger partial charge in [-0.25, -0.2) is 0 Å². The van der Waals surface area contributed by atoms with Crippen LogP contribution in [0, 0.1) is 0 Å². The Labute approximate surface area is 126 Å². The summed E-state index contributed by atoms with van der Waals surface area (Å²) in [6, 6.07) is 6.48. The number of aliphatic hydroxyl groups excluding tert-OH is 1. The second kappa shape index (κ2) is 6.67. The molecule has 4 nitrogen and oxygen atoms in total. The van der Waals surface area contributed by atoms with Gasteiger partial charge in [-0.2, -0.15) is 0 Å². The minimum absolute atomic E-state index is 0.464. The zero-order valence-corrected chi connectivity index (χ0v) is 12.8. The molecule has 1 aromatic carbocycles. The fraction of sp³-hybridized carbons (Fsp3) is 0.647. The molecule has 1 unspecified atom stereocenters. The Balaban J connectivity index is 1.68. The van der Waals surface area contributed by atoms with E-state index in [1.54, 1.807) is 0 Å². The van der Waals surface area contributed by atoms with Gasteiger partial charge in [0.15, 0.2) is 11.5 Å². The molecule has 116 valence electrons. The summed E-state index contributed by atoms with van der Waals surface area (Å²) in [4.78, 5) is 2.41. The molecule has 21 heavy (non-hydrogen) atoms. The molecule has 0 amide bonds. The van der Waals surface area contributed by atoms with Crippen LogP contribution >= 0.6 is 0 Å². The Hall–Kier alpha value is -1.26. The maximum Gasteiger partial charge on any atom is 0.161 e. The summed E-state index contributed by atoms with van der Waals surface area (Å²) in [5.74, 6) is 1.55. The molecular formula is C17H25NO3. The van der Waals surface area contributed by atoms with Crippen molar-refractivity contribution in [3.8, 4) is 11.5 Å². The van der Waals surface area contributed by atoms with Crippen LogP contribution in [0.5, 0.6) is 11.5 Å². The summed E-state index contributed by atoms with van der Waals surface area (Å²) in [6.07, 6.45) is 4.11. The van der Waals surface area contributed by atoms with Crippen LogP contribution in [0.1, 0.15) is 44.3 Å². The maximum atomic E-state index is 10.5. The van der Waals surface area contributed by atoms with Gasteiger partial charge in [0.1, 0.15) is 0 Å². The Morgan fingerprint density at radius 2 is 2.00 bits per heavy atom. The first-order chi connectivity index (χ1) is 10.3. The lowest BCUT2D eigenvalue weighted by atomic mass is 10.1. The van der Waals surface area contributed by atoms with Crippen molar-refractivity contribution in [2.24, 2.45) is 0 Å². The van der Waals surface area contributed by atoms with Gasteiger partial charge >= 0.3 is 0 Å². The first-order valence-corrected chi connectivity index (χ1v) is 8.09. The first-order valence-electron chi connectivity index (χ1n) is 8.09. The number of hydrogen-bond donors (Lipinski definition) is 1. The van der Waals surface area contributed by atoms with E-state index >= 15 is 0 Å². The molecule has 0 saturated heterocycles. The number of hydrogen-bond acceptors (Lipinski definition) is 4. The lowest BCUT2D eigenvalue weighted by Crippen LogP contribution is -2.31. The Morgan fingerprint density at radius 3 is 2.71 bits per heavy atom. The third-order valence-corrected chi connectivity index (χ3v) is 4.14. The summed E-state index contributed by atoms with van der Waals surface area (Å²) < 4.78 is 11.3. The highest BCUT2D eigenvalue weighted by molar-refractivity contribution is 5.44. The zero-order chi connectivity index (χ0) is 14.7. The number of rotatable bonds is 6. The van der Waals surface area contributed by atoms with E-state index in [4.69, 9.17) is 9.47 Å². The van der Waals surface area contributed by atoms with Crippen molar-refractivity contribution in [3.63, 3.8) is 0 Å². The van der Waals surface area contributed by atoms with Gasteiger partial charge in [-0.3, -0.25) is 4.90 Å². The van der Waals surface area contributed by atoms with E-state index in [1.165, 1.54) is 12.8 Å². The van der Waals surface area contributed by atoms with Crippen LogP contribution in [0.15, 0.2) is 18.2 Å². The van der Waals surface area contributed by atoms with Crippen molar-refractivity contribution in [1.82, 2.24) is 4.90 Å². The molecule has 1 aliphatic carbocycles. The maximum absolute atomic E-state index is 10.5. The molecule has 0 bridgehead atoms. The number of ether oxygens (including phenoxy) is 2. The van der Waals surface area contributed by atoms with Gasteiger partial charge in [0.2, 0.25) is 0 Å². The zero-order valence-electron chi connectivity index (χ0n) is 12.8. The Morgan fingerprint density at radius 1 is 1.24 bits per heavy atom. The summed E-state index contributed by atoms with van der Waals surface area (Å²) >= 11 is 0. The van der Waals surface area contributed by atoms with Gasteiger partial charge in [0.25, 0.3) is 0 Å². The Bertz CT molecular complexity index is 473. The predicted molar refractivity (Wildman–Crippen MR) is 81.9 cm³/mol. The highest BCUT2D eigenvalue weighted by Gasteiger charge is 2.30.